The molecule has 1 fully saturated rings. The summed E-state index contributed by atoms with van der Waals surface area (Å²) < 4.78 is 5.42. The fraction of sp³-hybridized carbons (Fsp3) is 0.179. The molecule has 2 aliphatic heterocycles. The summed E-state index contributed by atoms with van der Waals surface area (Å²) >= 11 is 1.41. The van der Waals surface area contributed by atoms with E-state index in [9.17, 15) is 9.59 Å². The molecule has 0 atom stereocenters. The van der Waals surface area contributed by atoms with Crippen molar-refractivity contribution in [1.82, 2.24) is 4.90 Å². The van der Waals surface area contributed by atoms with Gasteiger partial charge in [-0.15, -0.1) is 0 Å². The van der Waals surface area contributed by atoms with Gasteiger partial charge in [-0.05, 0) is 66.7 Å². The van der Waals surface area contributed by atoms with Gasteiger partial charge in [-0.1, -0.05) is 48.0 Å². The SMILES string of the molecule is Cc1ccc(N2CCN(C3=NC(=O)/C(=C/c4ccc(OC(=O)c5ccccc5)cc4)S3)CC2)cc1. The lowest BCUT2D eigenvalue weighted by Gasteiger charge is -2.36. The van der Waals surface area contributed by atoms with E-state index in [1.807, 2.05) is 24.3 Å². The molecule has 0 spiro atoms. The van der Waals surface area contributed by atoms with Gasteiger partial charge in [0.15, 0.2) is 5.17 Å². The van der Waals surface area contributed by atoms with Crippen LogP contribution in [-0.2, 0) is 4.79 Å². The van der Waals surface area contributed by atoms with Crippen molar-refractivity contribution < 1.29 is 14.3 Å². The van der Waals surface area contributed by atoms with E-state index in [0.717, 1.165) is 36.9 Å². The van der Waals surface area contributed by atoms with Crippen molar-refractivity contribution in [3.8, 4) is 5.75 Å². The number of thioether (sulfide) groups is 1. The Morgan fingerprint density at radius 3 is 2.23 bits per heavy atom. The third kappa shape index (κ3) is 5.46. The highest BCUT2D eigenvalue weighted by molar-refractivity contribution is 8.18. The van der Waals surface area contributed by atoms with E-state index in [1.54, 1.807) is 36.4 Å². The average molecular weight is 484 g/mol. The molecular weight excluding hydrogens is 458 g/mol. The Balaban J connectivity index is 1.17. The van der Waals surface area contributed by atoms with Gasteiger partial charge in [-0.25, -0.2) is 4.79 Å². The van der Waals surface area contributed by atoms with Crippen LogP contribution in [0.15, 0.2) is 88.8 Å². The number of hydrogen-bond acceptors (Lipinski definition) is 6. The molecule has 6 nitrogen and oxygen atoms in total. The minimum absolute atomic E-state index is 0.217. The maximum absolute atomic E-state index is 12.5. The van der Waals surface area contributed by atoms with E-state index in [1.165, 1.54) is 23.0 Å². The molecule has 3 aromatic rings. The van der Waals surface area contributed by atoms with Crippen LogP contribution in [0.1, 0.15) is 21.5 Å². The Bertz CT molecular complexity index is 1280. The monoisotopic (exact) mass is 483 g/mol. The third-order valence-electron chi connectivity index (χ3n) is 5.96. The molecule has 5 rings (SSSR count). The molecule has 0 N–H and O–H groups in total. The number of aryl methyl sites for hydroxylation is 1. The highest BCUT2D eigenvalue weighted by Gasteiger charge is 2.28. The Kier molecular flexibility index (Phi) is 6.68. The number of amides is 1. The minimum Gasteiger partial charge on any atom is -0.423 e. The summed E-state index contributed by atoms with van der Waals surface area (Å²) in [5, 5.41) is 0.762. The molecule has 1 amide bonds. The van der Waals surface area contributed by atoms with Gasteiger partial charge < -0.3 is 14.5 Å². The van der Waals surface area contributed by atoms with Gasteiger partial charge in [0.25, 0.3) is 5.91 Å². The summed E-state index contributed by atoms with van der Waals surface area (Å²) in [4.78, 5) is 34.2. The van der Waals surface area contributed by atoms with Crippen LogP contribution < -0.4 is 9.64 Å². The molecule has 176 valence electrons. The number of carbonyl (C=O) groups excluding carboxylic acids is 2. The number of benzene rings is 3. The predicted molar refractivity (Wildman–Crippen MR) is 141 cm³/mol. The number of esters is 1. The summed E-state index contributed by atoms with van der Waals surface area (Å²) in [6, 6.07) is 24.5. The summed E-state index contributed by atoms with van der Waals surface area (Å²) in [6.45, 7) is 5.51. The van der Waals surface area contributed by atoms with E-state index in [2.05, 4.69) is 46.0 Å². The lowest BCUT2D eigenvalue weighted by molar-refractivity contribution is -0.113. The van der Waals surface area contributed by atoms with Crippen molar-refractivity contribution in [2.24, 2.45) is 4.99 Å². The van der Waals surface area contributed by atoms with Crippen molar-refractivity contribution in [3.05, 3.63) is 100 Å². The zero-order valence-electron chi connectivity index (χ0n) is 19.4. The summed E-state index contributed by atoms with van der Waals surface area (Å²) in [5.41, 5.74) is 3.83. The Labute approximate surface area is 208 Å². The largest absolute Gasteiger partial charge is 0.423 e. The molecule has 0 aliphatic carbocycles. The first-order chi connectivity index (χ1) is 17.0. The normalized spacial score (nSPS) is 17.0. The number of anilines is 1. The molecule has 35 heavy (non-hydrogen) atoms. The molecule has 2 aliphatic rings. The molecule has 0 saturated carbocycles. The second-order valence-electron chi connectivity index (χ2n) is 8.44. The lowest BCUT2D eigenvalue weighted by Crippen LogP contribution is -2.47. The quantitative estimate of drug-likeness (QED) is 0.295. The maximum Gasteiger partial charge on any atom is 0.343 e. The molecular formula is C28H25N3O3S. The zero-order chi connectivity index (χ0) is 24.2. The van der Waals surface area contributed by atoms with Gasteiger partial charge >= 0.3 is 5.97 Å². The number of nitrogens with zero attached hydrogens (tertiary/aromatic N) is 3. The van der Waals surface area contributed by atoms with E-state index in [0.29, 0.717) is 16.2 Å². The number of carbonyl (C=O) groups is 2. The van der Waals surface area contributed by atoms with Crippen molar-refractivity contribution in [3.63, 3.8) is 0 Å². The smallest absolute Gasteiger partial charge is 0.343 e. The van der Waals surface area contributed by atoms with E-state index in [4.69, 9.17) is 4.74 Å². The Morgan fingerprint density at radius 1 is 0.886 bits per heavy atom. The Hall–Kier alpha value is -3.84. The van der Waals surface area contributed by atoms with Crippen molar-refractivity contribution in [2.75, 3.05) is 31.1 Å². The fourth-order valence-electron chi connectivity index (χ4n) is 3.97. The molecule has 2 heterocycles. The van der Waals surface area contributed by atoms with Gasteiger partial charge in [-0.2, -0.15) is 4.99 Å². The topological polar surface area (TPSA) is 62.2 Å². The lowest BCUT2D eigenvalue weighted by atomic mass is 10.2. The third-order valence-corrected chi connectivity index (χ3v) is 7.00. The molecule has 0 unspecified atom stereocenters. The standard InChI is InChI=1S/C28H25N3O3S/c1-20-7-11-23(12-8-20)30-15-17-31(18-16-30)28-29-26(32)25(35-28)19-21-9-13-24(14-10-21)34-27(33)22-5-3-2-4-6-22/h2-14,19H,15-18H2,1H3/b25-19-. The highest BCUT2D eigenvalue weighted by atomic mass is 32.2. The minimum atomic E-state index is -0.404. The van der Waals surface area contributed by atoms with Crippen LogP contribution >= 0.6 is 11.8 Å². The van der Waals surface area contributed by atoms with Crippen molar-refractivity contribution in [1.29, 1.82) is 0 Å². The molecule has 3 aromatic carbocycles. The first kappa shape index (κ1) is 22.9. The summed E-state index contributed by atoms with van der Waals surface area (Å²) in [6.07, 6.45) is 1.83. The number of aliphatic imine (C=N–C) groups is 1. The summed E-state index contributed by atoms with van der Waals surface area (Å²) in [7, 11) is 0. The molecule has 7 heteroatoms. The van der Waals surface area contributed by atoms with Crippen LogP contribution in [0.25, 0.3) is 6.08 Å². The first-order valence-corrected chi connectivity index (χ1v) is 12.3. The van der Waals surface area contributed by atoms with Gasteiger partial charge in [0, 0.05) is 31.9 Å². The van der Waals surface area contributed by atoms with Gasteiger partial charge in [0.2, 0.25) is 0 Å². The average Bonchev–Trinajstić information content (AvgIpc) is 3.26. The second kappa shape index (κ2) is 10.2. The van der Waals surface area contributed by atoms with Crippen LogP contribution in [0.3, 0.4) is 0 Å². The van der Waals surface area contributed by atoms with Crippen LogP contribution in [-0.4, -0.2) is 48.1 Å². The first-order valence-electron chi connectivity index (χ1n) is 11.5. The van der Waals surface area contributed by atoms with E-state index >= 15 is 0 Å². The molecule has 0 aromatic heterocycles. The zero-order valence-corrected chi connectivity index (χ0v) is 20.2. The van der Waals surface area contributed by atoms with Gasteiger partial charge in [0.1, 0.15) is 5.75 Å². The number of hydrogen-bond donors (Lipinski definition) is 0. The fourth-order valence-corrected chi connectivity index (χ4v) is 4.93. The molecule has 0 bridgehead atoms. The molecule has 0 radical (unpaired) electrons. The van der Waals surface area contributed by atoms with Crippen molar-refractivity contribution >= 4 is 40.6 Å². The summed E-state index contributed by atoms with van der Waals surface area (Å²) in [5.74, 6) is -0.168. The van der Waals surface area contributed by atoms with Gasteiger partial charge in [-0.3, -0.25) is 4.79 Å². The number of rotatable bonds is 4. The van der Waals surface area contributed by atoms with E-state index in [-0.39, 0.29) is 5.91 Å². The van der Waals surface area contributed by atoms with Crippen LogP contribution in [0, 0.1) is 6.92 Å². The maximum atomic E-state index is 12.5. The molecule has 1 saturated heterocycles. The van der Waals surface area contributed by atoms with Crippen LogP contribution in [0.2, 0.25) is 0 Å². The van der Waals surface area contributed by atoms with Crippen molar-refractivity contribution in [2.45, 2.75) is 6.92 Å². The number of amidine groups is 1. The second-order valence-corrected chi connectivity index (χ2v) is 9.45. The Morgan fingerprint density at radius 2 is 1.54 bits per heavy atom. The number of piperazine rings is 1. The van der Waals surface area contributed by atoms with E-state index < -0.39 is 5.97 Å². The van der Waals surface area contributed by atoms with Crippen LogP contribution in [0.5, 0.6) is 5.75 Å². The van der Waals surface area contributed by atoms with Gasteiger partial charge in [0.05, 0.1) is 10.5 Å². The van der Waals surface area contributed by atoms with Crippen LogP contribution in [0.4, 0.5) is 5.69 Å². The predicted octanol–water partition coefficient (Wildman–Crippen LogP) is 5.01. The number of ether oxygens (including phenoxy) is 1. The highest BCUT2D eigenvalue weighted by Crippen LogP contribution is 2.31.